The zero-order valence-corrected chi connectivity index (χ0v) is 21.8. The molecular weight excluding hydrogens is 496 g/mol. The van der Waals surface area contributed by atoms with Gasteiger partial charge in [-0.05, 0) is 36.9 Å². The van der Waals surface area contributed by atoms with E-state index >= 15 is 0 Å². The number of benzene rings is 1. The van der Waals surface area contributed by atoms with E-state index in [0.29, 0.717) is 40.1 Å². The summed E-state index contributed by atoms with van der Waals surface area (Å²) in [5, 5.41) is 6.50. The SMILES string of the molecule is COc1c(Nc2ncncc2-c2cc(Nc3cc(CN4CCN(C)CC4)ccn3)ncn2)cccc1C(N)=O. The molecule has 1 aliphatic rings. The van der Waals surface area contributed by atoms with Gasteiger partial charge in [-0.25, -0.2) is 24.9 Å². The number of carbonyl (C=O) groups is 1. The second kappa shape index (κ2) is 11.8. The summed E-state index contributed by atoms with van der Waals surface area (Å²) in [6.45, 7) is 5.11. The van der Waals surface area contributed by atoms with E-state index in [0.717, 1.165) is 32.7 Å². The van der Waals surface area contributed by atoms with Crippen LogP contribution in [0, 0.1) is 0 Å². The Morgan fingerprint density at radius 3 is 2.62 bits per heavy atom. The molecule has 4 N–H and O–H groups in total. The highest BCUT2D eigenvalue weighted by Crippen LogP contribution is 2.34. The highest BCUT2D eigenvalue weighted by molar-refractivity contribution is 5.98. The van der Waals surface area contributed by atoms with Crippen LogP contribution in [0.15, 0.2) is 61.4 Å². The highest BCUT2D eigenvalue weighted by atomic mass is 16.5. The Bertz CT molecular complexity index is 1460. The molecule has 12 heteroatoms. The van der Waals surface area contributed by atoms with Crippen molar-refractivity contribution < 1.29 is 9.53 Å². The van der Waals surface area contributed by atoms with E-state index < -0.39 is 5.91 Å². The van der Waals surface area contributed by atoms with Crippen molar-refractivity contribution in [1.29, 1.82) is 0 Å². The number of nitrogens with two attached hydrogens (primary N) is 1. The van der Waals surface area contributed by atoms with Crippen LogP contribution in [-0.2, 0) is 6.54 Å². The maximum Gasteiger partial charge on any atom is 0.252 e. The van der Waals surface area contributed by atoms with Crippen LogP contribution in [-0.4, -0.2) is 81.0 Å². The summed E-state index contributed by atoms with van der Waals surface area (Å²) in [6.07, 6.45) is 6.35. The quantitative estimate of drug-likeness (QED) is 0.296. The molecule has 3 aromatic heterocycles. The molecule has 0 spiro atoms. The minimum absolute atomic E-state index is 0.258. The zero-order valence-electron chi connectivity index (χ0n) is 21.8. The number of hydrogen-bond acceptors (Lipinski definition) is 11. The van der Waals surface area contributed by atoms with Crippen LogP contribution in [0.5, 0.6) is 5.75 Å². The van der Waals surface area contributed by atoms with Crippen LogP contribution in [0.2, 0.25) is 0 Å². The number of likely N-dealkylation sites (N-methyl/N-ethyl adjacent to an activating group) is 1. The molecule has 1 saturated heterocycles. The number of methoxy groups -OCH3 is 1. The maximum absolute atomic E-state index is 11.8. The highest BCUT2D eigenvalue weighted by Gasteiger charge is 2.17. The number of primary amides is 1. The molecule has 12 nitrogen and oxygen atoms in total. The molecule has 0 unspecified atom stereocenters. The third kappa shape index (κ3) is 6.25. The Labute approximate surface area is 226 Å². The van der Waals surface area contributed by atoms with Crippen molar-refractivity contribution in [3.05, 3.63) is 72.6 Å². The molecule has 0 atom stereocenters. The lowest BCUT2D eigenvalue weighted by atomic mass is 10.1. The Kier molecular flexibility index (Phi) is 7.85. The van der Waals surface area contributed by atoms with Gasteiger partial charge in [-0.1, -0.05) is 6.07 Å². The van der Waals surface area contributed by atoms with Crippen molar-refractivity contribution in [2.45, 2.75) is 6.54 Å². The van der Waals surface area contributed by atoms with Gasteiger partial charge < -0.3 is 26.0 Å². The van der Waals surface area contributed by atoms with Crippen LogP contribution in [0.4, 0.5) is 23.1 Å². The van der Waals surface area contributed by atoms with Crippen molar-refractivity contribution in [1.82, 2.24) is 34.7 Å². The topological polar surface area (TPSA) is 147 Å². The molecule has 1 aliphatic heterocycles. The molecular formula is C27H30N10O2. The first kappa shape index (κ1) is 25.9. The van der Waals surface area contributed by atoms with E-state index in [1.54, 1.807) is 36.7 Å². The van der Waals surface area contributed by atoms with Crippen molar-refractivity contribution in [3.63, 3.8) is 0 Å². The first-order valence-electron chi connectivity index (χ1n) is 12.5. The zero-order chi connectivity index (χ0) is 27.2. The summed E-state index contributed by atoms with van der Waals surface area (Å²) in [7, 11) is 3.63. The average molecular weight is 527 g/mol. The molecule has 4 heterocycles. The molecule has 39 heavy (non-hydrogen) atoms. The van der Waals surface area contributed by atoms with Gasteiger partial charge in [-0.15, -0.1) is 0 Å². The lowest BCUT2D eigenvalue weighted by Gasteiger charge is -2.32. The summed E-state index contributed by atoms with van der Waals surface area (Å²) in [5.74, 6) is 1.48. The van der Waals surface area contributed by atoms with Gasteiger partial charge in [0, 0.05) is 51.2 Å². The van der Waals surface area contributed by atoms with Gasteiger partial charge in [-0.3, -0.25) is 9.69 Å². The number of para-hydroxylation sites is 1. The Morgan fingerprint density at radius 2 is 1.82 bits per heavy atom. The fourth-order valence-electron chi connectivity index (χ4n) is 4.40. The predicted molar refractivity (Wildman–Crippen MR) is 148 cm³/mol. The summed E-state index contributed by atoms with van der Waals surface area (Å²) < 4.78 is 5.45. The molecule has 0 bridgehead atoms. The van der Waals surface area contributed by atoms with Crippen LogP contribution in [0.3, 0.4) is 0 Å². The van der Waals surface area contributed by atoms with Crippen LogP contribution < -0.4 is 21.1 Å². The minimum atomic E-state index is -0.592. The lowest BCUT2D eigenvalue weighted by molar-refractivity contribution is 0.0997. The Balaban J connectivity index is 1.36. The number of rotatable bonds is 9. The summed E-state index contributed by atoms with van der Waals surface area (Å²) in [5.41, 5.74) is 8.70. The normalized spacial score (nSPS) is 14.1. The number of carbonyl (C=O) groups excluding carboxylic acids is 1. The second-order valence-electron chi connectivity index (χ2n) is 9.20. The minimum Gasteiger partial charge on any atom is -0.494 e. The van der Waals surface area contributed by atoms with E-state index in [-0.39, 0.29) is 5.56 Å². The van der Waals surface area contributed by atoms with Crippen LogP contribution in [0.25, 0.3) is 11.3 Å². The first-order valence-corrected chi connectivity index (χ1v) is 12.5. The Hall–Kier alpha value is -4.68. The smallest absolute Gasteiger partial charge is 0.252 e. The van der Waals surface area contributed by atoms with Crippen molar-refractivity contribution in [2.24, 2.45) is 5.73 Å². The van der Waals surface area contributed by atoms with Gasteiger partial charge in [0.1, 0.15) is 30.1 Å². The molecule has 1 aromatic carbocycles. The maximum atomic E-state index is 11.8. The molecule has 0 saturated carbocycles. The standard InChI is InChI=1S/C27H30N10O2/c1-36-8-10-37(11-9-36)15-18-6-7-30-23(12-18)35-24-13-22(31-17-32-24)20-14-29-16-33-27(20)34-21-5-3-4-19(26(28)38)25(21)39-2/h3-7,12-14,16-17H,8-11,15H2,1-2H3,(H2,28,38)(H,29,33,34)(H,30,31,32,35). The molecule has 1 amide bonds. The van der Waals surface area contributed by atoms with Crippen molar-refractivity contribution >= 4 is 29.0 Å². The summed E-state index contributed by atoms with van der Waals surface area (Å²) in [4.78, 5) is 38.5. The van der Waals surface area contributed by atoms with Crippen LogP contribution >= 0.6 is 0 Å². The largest absolute Gasteiger partial charge is 0.494 e. The Morgan fingerprint density at radius 1 is 1.00 bits per heavy atom. The number of nitrogens with zero attached hydrogens (tertiary/aromatic N) is 7. The van der Waals surface area contributed by atoms with Crippen LogP contribution in [0.1, 0.15) is 15.9 Å². The number of piperazine rings is 1. The number of pyridine rings is 1. The van der Waals surface area contributed by atoms with E-state index in [1.165, 1.54) is 25.3 Å². The summed E-state index contributed by atoms with van der Waals surface area (Å²) >= 11 is 0. The molecule has 4 aromatic rings. The number of amides is 1. The number of nitrogens with one attached hydrogen (secondary N) is 2. The fourth-order valence-corrected chi connectivity index (χ4v) is 4.40. The van der Waals surface area contributed by atoms with Crippen molar-refractivity contribution in [3.8, 4) is 17.0 Å². The second-order valence-corrected chi connectivity index (χ2v) is 9.20. The van der Waals surface area contributed by atoms with Gasteiger partial charge in [0.05, 0.1) is 29.6 Å². The predicted octanol–water partition coefficient (Wildman–Crippen LogP) is 2.67. The average Bonchev–Trinajstić information content (AvgIpc) is 2.95. The van der Waals surface area contributed by atoms with E-state index in [1.807, 2.05) is 12.1 Å². The monoisotopic (exact) mass is 526 g/mol. The first-order chi connectivity index (χ1) is 19.0. The summed E-state index contributed by atoms with van der Waals surface area (Å²) in [6, 6.07) is 11.0. The molecule has 1 fully saturated rings. The number of ether oxygens (including phenoxy) is 1. The van der Waals surface area contributed by atoms with Gasteiger partial charge in [0.15, 0.2) is 5.75 Å². The van der Waals surface area contributed by atoms with Gasteiger partial charge in [0.2, 0.25) is 0 Å². The van der Waals surface area contributed by atoms with E-state index in [2.05, 4.69) is 52.4 Å². The van der Waals surface area contributed by atoms with Gasteiger partial charge >= 0.3 is 0 Å². The van der Waals surface area contributed by atoms with E-state index in [4.69, 9.17) is 10.5 Å². The third-order valence-corrected chi connectivity index (χ3v) is 6.48. The molecule has 5 rings (SSSR count). The fraction of sp³-hybridized carbons (Fsp3) is 0.259. The number of anilines is 4. The molecule has 0 aliphatic carbocycles. The van der Waals surface area contributed by atoms with E-state index in [9.17, 15) is 4.79 Å². The number of aromatic nitrogens is 5. The molecule has 200 valence electrons. The van der Waals surface area contributed by atoms with Gasteiger partial charge in [0.25, 0.3) is 5.91 Å². The third-order valence-electron chi connectivity index (χ3n) is 6.48. The van der Waals surface area contributed by atoms with Gasteiger partial charge in [-0.2, -0.15) is 0 Å². The number of hydrogen-bond donors (Lipinski definition) is 3. The molecule has 0 radical (unpaired) electrons. The van der Waals surface area contributed by atoms with Crippen molar-refractivity contribution in [2.75, 3.05) is 51.0 Å². The lowest BCUT2D eigenvalue weighted by Crippen LogP contribution is -2.43.